The van der Waals surface area contributed by atoms with E-state index in [4.69, 9.17) is 0 Å². The van der Waals surface area contributed by atoms with Crippen LogP contribution in [-0.2, 0) is 0 Å². The summed E-state index contributed by atoms with van der Waals surface area (Å²) < 4.78 is 0. The van der Waals surface area contributed by atoms with Gasteiger partial charge in [0.05, 0.1) is 5.51 Å². The average Bonchev–Trinajstić information content (AvgIpc) is 2.47. The molecule has 0 N–H and O–H groups in total. The van der Waals surface area contributed by atoms with Gasteiger partial charge in [-0.1, -0.05) is 19.9 Å². The summed E-state index contributed by atoms with van der Waals surface area (Å²) in [6.45, 7) is 5.99. The first-order valence-electron chi connectivity index (χ1n) is 4.24. The first kappa shape index (κ1) is 10.1. The Bertz CT molecular complexity index is 325. The predicted molar refractivity (Wildman–Crippen MR) is 55.2 cm³/mol. The molecule has 0 saturated carbocycles. The lowest BCUT2D eigenvalue weighted by atomic mass is 10.1. The Morgan fingerprint density at radius 2 is 2.31 bits per heavy atom. The molecule has 1 aromatic rings. The summed E-state index contributed by atoms with van der Waals surface area (Å²) in [5.41, 5.74) is 2.29. The van der Waals surface area contributed by atoms with Gasteiger partial charge in [0, 0.05) is 4.88 Å². The van der Waals surface area contributed by atoms with Crippen LogP contribution < -0.4 is 0 Å². The summed E-state index contributed by atoms with van der Waals surface area (Å²) in [7, 11) is 0. The topological polar surface area (TPSA) is 30.0 Å². The molecular weight excluding hydrogens is 182 g/mol. The SMILES string of the molecule is Cc1scnc1C(=O)/C=C/C(C)C. The van der Waals surface area contributed by atoms with Crippen molar-refractivity contribution >= 4 is 17.1 Å². The van der Waals surface area contributed by atoms with Crippen molar-refractivity contribution < 1.29 is 4.79 Å². The van der Waals surface area contributed by atoms with E-state index in [-0.39, 0.29) is 5.78 Å². The molecule has 1 aromatic heterocycles. The minimum atomic E-state index is 0.00690. The molecule has 0 aliphatic rings. The van der Waals surface area contributed by atoms with Gasteiger partial charge in [-0.3, -0.25) is 4.79 Å². The number of nitrogens with zero attached hydrogens (tertiary/aromatic N) is 1. The van der Waals surface area contributed by atoms with Crippen molar-refractivity contribution in [3.05, 3.63) is 28.2 Å². The summed E-state index contributed by atoms with van der Waals surface area (Å²) in [4.78, 5) is 16.5. The van der Waals surface area contributed by atoms with Gasteiger partial charge in [0.15, 0.2) is 0 Å². The predicted octanol–water partition coefficient (Wildman–Crippen LogP) is 2.85. The van der Waals surface area contributed by atoms with Crippen LogP contribution in [0.1, 0.15) is 29.2 Å². The van der Waals surface area contributed by atoms with Crippen molar-refractivity contribution in [2.45, 2.75) is 20.8 Å². The van der Waals surface area contributed by atoms with Crippen molar-refractivity contribution in [3.8, 4) is 0 Å². The molecule has 0 spiro atoms. The summed E-state index contributed by atoms with van der Waals surface area (Å²) in [5, 5.41) is 0. The lowest BCUT2D eigenvalue weighted by Gasteiger charge is -1.93. The Morgan fingerprint density at radius 1 is 1.62 bits per heavy atom. The molecule has 0 atom stereocenters. The van der Waals surface area contributed by atoms with Crippen LogP contribution in [0.2, 0.25) is 0 Å². The van der Waals surface area contributed by atoms with Gasteiger partial charge >= 0.3 is 0 Å². The number of allylic oxidation sites excluding steroid dienone is 2. The van der Waals surface area contributed by atoms with Crippen molar-refractivity contribution in [2.75, 3.05) is 0 Å². The maximum Gasteiger partial charge on any atom is 0.204 e. The molecule has 0 aliphatic carbocycles. The van der Waals surface area contributed by atoms with Gasteiger partial charge in [0.1, 0.15) is 5.69 Å². The third-order valence-electron chi connectivity index (χ3n) is 1.61. The highest BCUT2D eigenvalue weighted by Gasteiger charge is 2.07. The highest BCUT2D eigenvalue weighted by Crippen LogP contribution is 2.12. The van der Waals surface area contributed by atoms with Crippen LogP contribution in [-0.4, -0.2) is 10.8 Å². The van der Waals surface area contributed by atoms with Gasteiger partial charge in [-0.15, -0.1) is 11.3 Å². The molecule has 0 radical (unpaired) electrons. The zero-order chi connectivity index (χ0) is 9.84. The number of rotatable bonds is 3. The van der Waals surface area contributed by atoms with Crippen LogP contribution in [0.4, 0.5) is 0 Å². The van der Waals surface area contributed by atoms with Gasteiger partial charge in [-0.05, 0) is 18.9 Å². The molecule has 1 heterocycles. The fourth-order valence-corrected chi connectivity index (χ4v) is 1.48. The molecule has 0 saturated heterocycles. The highest BCUT2D eigenvalue weighted by atomic mass is 32.1. The van der Waals surface area contributed by atoms with E-state index in [9.17, 15) is 4.79 Å². The highest BCUT2D eigenvalue weighted by molar-refractivity contribution is 7.09. The molecule has 70 valence electrons. The molecule has 0 fully saturated rings. The zero-order valence-electron chi connectivity index (χ0n) is 8.07. The molecule has 3 heteroatoms. The lowest BCUT2D eigenvalue weighted by Crippen LogP contribution is -1.97. The quantitative estimate of drug-likeness (QED) is 0.548. The van der Waals surface area contributed by atoms with Crippen LogP contribution >= 0.6 is 11.3 Å². The smallest absolute Gasteiger partial charge is 0.204 e. The number of hydrogen-bond acceptors (Lipinski definition) is 3. The fraction of sp³-hybridized carbons (Fsp3) is 0.400. The monoisotopic (exact) mass is 195 g/mol. The molecule has 0 bridgehead atoms. The molecule has 2 nitrogen and oxygen atoms in total. The maximum absolute atomic E-state index is 11.5. The van der Waals surface area contributed by atoms with Gasteiger partial charge in [-0.25, -0.2) is 4.98 Å². The lowest BCUT2D eigenvalue weighted by molar-refractivity contribution is 0.104. The van der Waals surface area contributed by atoms with E-state index in [1.807, 2.05) is 26.8 Å². The number of aromatic nitrogens is 1. The largest absolute Gasteiger partial charge is 0.288 e. The van der Waals surface area contributed by atoms with E-state index in [0.29, 0.717) is 11.6 Å². The molecule has 0 aliphatic heterocycles. The zero-order valence-corrected chi connectivity index (χ0v) is 8.89. The van der Waals surface area contributed by atoms with E-state index >= 15 is 0 Å². The first-order valence-corrected chi connectivity index (χ1v) is 5.12. The molecule has 13 heavy (non-hydrogen) atoms. The van der Waals surface area contributed by atoms with Gasteiger partial charge in [0.2, 0.25) is 5.78 Å². The van der Waals surface area contributed by atoms with Gasteiger partial charge < -0.3 is 0 Å². The molecular formula is C10H13NOS. The minimum absolute atomic E-state index is 0.00690. The second-order valence-electron chi connectivity index (χ2n) is 3.22. The van der Waals surface area contributed by atoms with Crippen LogP contribution in [0.5, 0.6) is 0 Å². The summed E-state index contributed by atoms with van der Waals surface area (Å²) in [6.07, 6.45) is 3.49. The number of carbonyl (C=O) groups excluding carboxylic acids is 1. The number of ketones is 1. The minimum Gasteiger partial charge on any atom is -0.288 e. The first-order chi connectivity index (χ1) is 6.11. The molecule has 0 unspecified atom stereocenters. The van der Waals surface area contributed by atoms with Crippen LogP contribution in [0.15, 0.2) is 17.7 Å². The maximum atomic E-state index is 11.5. The fourth-order valence-electron chi connectivity index (χ4n) is 0.901. The number of thiazole rings is 1. The number of carbonyl (C=O) groups is 1. The Labute approximate surface area is 82.3 Å². The Balaban J connectivity index is 2.75. The van der Waals surface area contributed by atoms with E-state index in [1.54, 1.807) is 11.6 Å². The molecule has 1 rings (SSSR count). The molecule has 0 aromatic carbocycles. The van der Waals surface area contributed by atoms with Crippen LogP contribution in [0.3, 0.4) is 0 Å². The second kappa shape index (κ2) is 4.33. The normalized spacial score (nSPS) is 11.4. The Morgan fingerprint density at radius 3 is 2.77 bits per heavy atom. The second-order valence-corrected chi connectivity index (χ2v) is 4.28. The van der Waals surface area contributed by atoms with Crippen molar-refractivity contribution in [1.82, 2.24) is 4.98 Å². The third kappa shape index (κ3) is 2.77. The van der Waals surface area contributed by atoms with Gasteiger partial charge in [-0.2, -0.15) is 0 Å². The third-order valence-corrected chi connectivity index (χ3v) is 2.37. The van der Waals surface area contributed by atoms with E-state index in [0.717, 1.165) is 4.88 Å². The summed E-state index contributed by atoms with van der Waals surface area (Å²) >= 11 is 1.50. The molecule has 0 amide bonds. The van der Waals surface area contributed by atoms with E-state index < -0.39 is 0 Å². The Hall–Kier alpha value is -0.960. The van der Waals surface area contributed by atoms with Crippen molar-refractivity contribution in [1.29, 1.82) is 0 Å². The van der Waals surface area contributed by atoms with Gasteiger partial charge in [0.25, 0.3) is 0 Å². The van der Waals surface area contributed by atoms with Crippen molar-refractivity contribution in [3.63, 3.8) is 0 Å². The van der Waals surface area contributed by atoms with E-state index in [1.165, 1.54) is 11.3 Å². The number of hydrogen-bond donors (Lipinski definition) is 0. The Kier molecular flexibility index (Phi) is 3.37. The van der Waals surface area contributed by atoms with E-state index in [2.05, 4.69) is 4.98 Å². The van der Waals surface area contributed by atoms with Crippen LogP contribution in [0, 0.1) is 12.8 Å². The number of aryl methyl sites for hydroxylation is 1. The standard InChI is InChI=1S/C10H13NOS/c1-7(2)4-5-9(12)10-8(3)13-6-11-10/h4-7H,1-3H3/b5-4+. The average molecular weight is 195 g/mol. The summed E-state index contributed by atoms with van der Waals surface area (Å²) in [6, 6.07) is 0. The summed E-state index contributed by atoms with van der Waals surface area (Å²) in [5.74, 6) is 0.412. The van der Waals surface area contributed by atoms with Crippen molar-refractivity contribution in [2.24, 2.45) is 5.92 Å². The van der Waals surface area contributed by atoms with Crippen LogP contribution in [0.25, 0.3) is 0 Å².